The predicted octanol–water partition coefficient (Wildman–Crippen LogP) is 4.20. The van der Waals surface area contributed by atoms with Crippen molar-refractivity contribution in [1.29, 1.82) is 0 Å². The van der Waals surface area contributed by atoms with Gasteiger partial charge in [-0.05, 0) is 37.1 Å². The SMILES string of the molecule is O=C(c1cnc2ccccc2n1)N(CC1CCCO1)c1nc2c(F)cccc2s1. The smallest absolute Gasteiger partial charge is 0.280 e. The molecule has 2 aromatic carbocycles. The van der Waals surface area contributed by atoms with Crippen LogP contribution in [0.2, 0.25) is 0 Å². The standard InChI is InChI=1S/C21H17FN4O2S/c22-14-6-3-9-18-19(14)25-21(29-18)26(12-13-5-4-10-28-13)20(27)17-11-23-15-7-1-2-8-16(15)24-17/h1-3,6-9,11,13H,4-5,10,12H2. The van der Waals surface area contributed by atoms with Crippen molar-refractivity contribution >= 4 is 43.6 Å². The van der Waals surface area contributed by atoms with Gasteiger partial charge >= 0.3 is 0 Å². The number of halogens is 1. The molecule has 0 N–H and O–H groups in total. The van der Waals surface area contributed by atoms with E-state index in [1.54, 1.807) is 17.0 Å². The van der Waals surface area contributed by atoms with E-state index in [1.165, 1.54) is 23.6 Å². The van der Waals surface area contributed by atoms with Crippen molar-refractivity contribution in [2.75, 3.05) is 18.1 Å². The van der Waals surface area contributed by atoms with Gasteiger partial charge in [-0.1, -0.05) is 29.5 Å². The average Bonchev–Trinajstić information content (AvgIpc) is 3.41. The maximum absolute atomic E-state index is 14.2. The normalized spacial score (nSPS) is 16.5. The number of hydrogen-bond donors (Lipinski definition) is 0. The van der Waals surface area contributed by atoms with E-state index in [1.807, 2.05) is 24.3 Å². The van der Waals surface area contributed by atoms with E-state index in [9.17, 15) is 9.18 Å². The van der Waals surface area contributed by atoms with E-state index in [4.69, 9.17) is 4.74 Å². The molecule has 1 saturated heterocycles. The molecule has 0 saturated carbocycles. The number of carbonyl (C=O) groups excluding carboxylic acids is 1. The molecule has 0 spiro atoms. The van der Waals surface area contributed by atoms with Crippen LogP contribution in [0.25, 0.3) is 21.3 Å². The lowest BCUT2D eigenvalue weighted by Crippen LogP contribution is -2.38. The summed E-state index contributed by atoms with van der Waals surface area (Å²) in [7, 11) is 0. The summed E-state index contributed by atoms with van der Waals surface area (Å²) >= 11 is 1.28. The van der Waals surface area contributed by atoms with Crippen LogP contribution >= 0.6 is 11.3 Å². The maximum Gasteiger partial charge on any atom is 0.280 e. The van der Waals surface area contributed by atoms with E-state index >= 15 is 0 Å². The van der Waals surface area contributed by atoms with Crippen LogP contribution in [0.4, 0.5) is 9.52 Å². The van der Waals surface area contributed by atoms with Crippen LogP contribution in [-0.4, -0.2) is 40.1 Å². The molecule has 0 radical (unpaired) electrons. The first-order valence-electron chi connectivity index (χ1n) is 9.39. The molecule has 5 rings (SSSR count). The van der Waals surface area contributed by atoms with Gasteiger partial charge in [-0.15, -0.1) is 0 Å². The third-order valence-electron chi connectivity index (χ3n) is 4.91. The highest BCUT2D eigenvalue weighted by Crippen LogP contribution is 2.32. The van der Waals surface area contributed by atoms with Crippen molar-refractivity contribution in [3.8, 4) is 0 Å². The van der Waals surface area contributed by atoms with Crippen LogP contribution in [0.15, 0.2) is 48.7 Å². The molecule has 6 nitrogen and oxygen atoms in total. The Morgan fingerprint density at radius 1 is 1.17 bits per heavy atom. The van der Waals surface area contributed by atoms with Gasteiger partial charge in [0, 0.05) is 6.61 Å². The molecule has 1 aliphatic rings. The van der Waals surface area contributed by atoms with Crippen molar-refractivity contribution in [2.45, 2.75) is 18.9 Å². The second-order valence-electron chi connectivity index (χ2n) is 6.88. The van der Waals surface area contributed by atoms with E-state index in [-0.39, 0.29) is 23.2 Å². The molecule has 4 aromatic rings. The number of carbonyl (C=O) groups is 1. The van der Waals surface area contributed by atoms with Crippen LogP contribution < -0.4 is 4.90 Å². The fraction of sp³-hybridized carbons (Fsp3) is 0.238. The molecule has 1 amide bonds. The Balaban J connectivity index is 1.56. The Morgan fingerprint density at radius 2 is 2.03 bits per heavy atom. The fourth-order valence-corrected chi connectivity index (χ4v) is 4.44. The molecule has 0 bridgehead atoms. The van der Waals surface area contributed by atoms with Gasteiger partial charge in [-0.25, -0.2) is 14.4 Å². The quantitative estimate of drug-likeness (QED) is 0.506. The van der Waals surface area contributed by atoms with Gasteiger partial charge in [-0.3, -0.25) is 14.7 Å². The number of nitrogens with zero attached hydrogens (tertiary/aromatic N) is 4. The summed E-state index contributed by atoms with van der Waals surface area (Å²) in [5.41, 5.74) is 1.85. The Kier molecular flexibility index (Phi) is 4.65. The second-order valence-corrected chi connectivity index (χ2v) is 7.89. The zero-order chi connectivity index (χ0) is 19.8. The average molecular weight is 408 g/mol. The highest BCUT2D eigenvalue weighted by Gasteiger charge is 2.28. The van der Waals surface area contributed by atoms with Crippen LogP contribution in [0.3, 0.4) is 0 Å². The molecular formula is C21H17FN4O2S. The van der Waals surface area contributed by atoms with Crippen LogP contribution in [-0.2, 0) is 4.74 Å². The molecule has 0 aliphatic carbocycles. The number of benzene rings is 2. The number of ether oxygens (including phenoxy) is 1. The topological polar surface area (TPSA) is 68.2 Å². The van der Waals surface area contributed by atoms with E-state index in [0.717, 1.165) is 18.4 Å². The van der Waals surface area contributed by atoms with E-state index in [0.29, 0.717) is 28.5 Å². The molecule has 29 heavy (non-hydrogen) atoms. The van der Waals surface area contributed by atoms with E-state index < -0.39 is 5.82 Å². The lowest BCUT2D eigenvalue weighted by atomic mass is 10.2. The zero-order valence-electron chi connectivity index (χ0n) is 15.4. The number of anilines is 1. The monoisotopic (exact) mass is 408 g/mol. The van der Waals surface area contributed by atoms with Crippen molar-refractivity contribution in [3.63, 3.8) is 0 Å². The van der Waals surface area contributed by atoms with Crippen molar-refractivity contribution in [1.82, 2.24) is 15.0 Å². The zero-order valence-corrected chi connectivity index (χ0v) is 16.2. The minimum absolute atomic E-state index is 0.0794. The Labute approximate surface area is 170 Å². The number of para-hydroxylation sites is 3. The summed E-state index contributed by atoms with van der Waals surface area (Å²) in [4.78, 5) is 28.2. The largest absolute Gasteiger partial charge is 0.376 e. The molecule has 1 unspecified atom stereocenters. The molecule has 1 atom stereocenters. The molecule has 8 heteroatoms. The Bertz CT molecular complexity index is 1210. The van der Waals surface area contributed by atoms with Gasteiger partial charge in [0.15, 0.2) is 5.13 Å². The first-order chi connectivity index (χ1) is 14.2. The van der Waals surface area contributed by atoms with Gasteiger partial charge in [-0.2, -0.15) is 0 Å². The van der Waals surface area contributed by atoms with Gasteiger partial charge in [0.25, 0.3) is 5.91 Å². The van der Waals surface area contributed by atoms with Crippen molar-refractivity contribution in [2.24, 2.45) is 0 Å². The number of rotatable bonds is 4. The number of aromatic nitrogens is 3. The van der Waals surface area contributed by atoms with Gasteiger partial charge in [0.1, 0.15) is 17.0 Å². The highest BCUT2D eigenvalue weighted by molar-refractivity contribution is 7.22. The molecule has 1 aliphatic heterocycles. The van der Waals surface area contributed by atoms with Crippen LogP contribution in [0, 0.1) is 5.82 Å². The van der Waals surface area contributed by atoms with Crippen molar-refractivity contribution in [3.05, 3.63) is 60.2 Å². The fourth-order valence-electron chi connectivity index (χ4n) is 3.46. The summed E-state index contributed by atoms with van der Waals surface area (Å²) in [5, 5.41) is 0.431. The van der Waals surface area contributed by atoms with Gasteiger partial charge in [0.05, 0.1) is 34.6 Å². The summed E-state index contributed by atoms with van der Waals surface area (Å²) in [6.07, 6.45) is 3.22. The van der Waals surface area contributed by atoms with Gasteiger partial charge < -0.3 is 4.74 Å². The second kappa shape index (κ2) is 7.46. The van der Waals surface area contributed by atoms with Crippen LogP contribution in [0.5, 0.6) is 0 Å². The highest BCUT2D eigenvalue weighted by atomic mass is 32.1. The first-order valence-corrected chi connectivity index (χ1v) is 10.2. The first kappa shape index (κ1) is 18.1. The molecule has 146 valence electrons. The number of fused-ring (bicyclic) bond motifs is 2. The number of thiazole rings is 1. The van der Waals surface area contributed by atoms with Crippen molar-refractivity contribution < 1.29 is 13.9 Å². The molecular weight excluding hydrogens is 391 g/mol. The Hall–Kier alpha value is -2.97. The lowest BCUT2D eigenvalue weighted by Gasteiger charge is -2.22. The summed E-state index contributed by atoms with van der Waals surface area (Å²) in [6.45, 7) is 1.02. The third-order valence-corrected chi connectivity index (χ3v) is 5.96. The predicted molar refractivity (Wildman–Crippen MR) is 110 cm³/mol. The van der Waals surface area contributed by atoms with E-state index in [2.05, 4.69) is 15.0 Å². The molecule has 1 fully saturated rings. The third kappa shape index (κ3) is 3.45. The minimum Gasteiger partial charge on any atom is -0.376 e. The summed E-state index contributed by atoms with van der Waals surface area (Å²) in [5.74, 6) is -0.724. The maximum atomic E-state index is 14.2. The summed E-state index contributed by atoms with van der Waals surface area (Å²) in [6, 6.07) is 12.2. The van der Waals surface area contributed by atoms with Gasteiger partial charge in [0.2, 0.25) is 0 Å². The number of amides is 1. The lowest BCUT2D eigenvalue weighted by molar-refractivity contribution is 0.0913. The van der Waals surface area contributed by atoms with Crippen LogP contribution in [0.1, 0.15) is 23.3 Å². The molecule has 2 aromatic heterocycles. The summed E-state index contributed by atoms with van der Waals surface area (Å²) < 4.78 is 20.6. The minimum atomic E-state index is -0.403. The Morgan fingerprint density at radius 3 is 2.83 bits per heavy atom. The molecule has 3 heterocycles. The number of hydrogen-bond acceptors (Lipinski definition) is 6.